The third-order valence-electron chi connectivity index (χ3n) is 9.91. The van der Waals surface area contributed by atoms with Gasteiger partial charge in [-0.1, -0.05) is 87.4 Å². The Bertz CT molecular complexity index is 1780. The molecule has 0 heterocycles. The van der Waals surface area contributed by atoms with E-state index < -0.39 is 0 Å². The summed E-state index contributed by atoms with van der Waals surface area (Å²) in [4.78, 5) is 0. The first-order valence-corrected chi connectivity index (χ1v) is 16.1. The average Bonchev–Trinajstić information content (AvgIpc) is 3.61. The summed E-state index contributed by atoms with van der Waals surface area (Å²) >= 11 is 0. The Kier molecular flexibility index (Phi) is 12.1. The minimum atomic E-state index is -0.0712. The van der Waals surface area contributed by atoms with Crippen LogP contribution in [0.15, 0.2) is 97.1 Å². The van der Waals surface area contributed by atoms with Gasteiger partial charge in [-0.05, 0) is 91.2 Å². The van der Waals surface area contributed by atoms with Crippen LogP contribution in [0.2, 0.25) is 0 Å². The summed E-state index contributed by atoms with van der Waals surface area (Å²) in [6.07, 6.45) is 2.24. The van der Waals surface area contributed by atoms with Gasteiger partial charge in [-0.2, -0.15) is 12.1 Å². The van der Waals surface area contributed by atoms with E-state index in [1.165, 1.54) is 77.2 Å². The summed E-state index contributed by atoms with van der Waals surface area (Å²) in [6.45, 7) is 18.5. The predicted molar refractivity (Wildman–Crippen MR) is 201 cm³/mol. The summed E-state index contributed by atoms with van der Waals surface area (Å²) in [5.41, 5.74) is 13.7. The standard InChI is InChI=1S/C43H46.2CH3.Hf/c1-27(2)25-43(26-28(3)4,35-21-33-15-11-19-39(41(33)23-35)37-17-9-13-29(5)31(37)7)36-22-34-16-12-20-40(42(34)24-36)38-18-10-14-30(6)32(38)8;;;/h9-24,27-28H,25-26H2,1-8H3;2*1H3;/q-2;2*-1;+4. The first kappa shape index (κ1) is 37.4. The van der Waals surface area contributed by atoms with Crippen molar-refractivity contribution < 1.29 is 25.8 Å². The average molecular weight is 771 g/mol. The molecular weight excluding hydrogens is 719 g/mol. The van der Waals surface area contributed by atoms with Crippen LogP contribution in [0, 0.1) is 54.4 Å². The molecule has 6 aromatic carbocycles. The van der Waals surface area contributed by atoms with Gasteiger partial charge in [-0.15, -0.1) is 69.1 Å². The smallest absolute Gasteiger partial charge is 0.358 e. The molecular formula is C45H52Hf. The number of fused-ring (bicyclic) bond motifs is 2. The molecule has 0 N–H and O–H groups in total. The van der Waals surface area contributed by atoms with E-state index in [1.807, 2.05) is 0 Å². The first-order chi connectivity index (χ1) is 20.6. The maximum absolute atomic E-state index is 2.54. The zero-order chi connectivity index (χ0) is 30.5. The third-order valence-corrected chi connectivity index (χ3v) is 9.91. The SMILES string of the molecule is Cc1cccc(-c2cccc3[cH-]c(C(CC(C)C)(CC(C)C)c4cc5c(-c6cccc(C)c6C)cccc5[cH-]4)cc23)c1C.[CH3-].[CH3-].[Hf+4]. The van der Waals surface area contributed by atoms with E-state index >= 15 is 0 Å². The summed E-state index contributed by atoms with van der Waals surface area (Å²) in [6, 6.07) is 37.2. The van der Waals surface area contributed by atoms with E-state index in [0.29, 0.717) is 11.8 Å². The molecule has 0 saturated carbocycles. The van der Waals surface area contributed by atoms with Crippen molar-refractivity contribution in [2.75, 3.05) is 0 Å². The molecule has 0 aliphatic rings. The van der Waals surface area contributed by atoms with Gasteiger partial charge >= 0.3 is 25.8 Å². The van der Waals surface area contributed by atoms with Crippen molar-refractivity contribution in [2.24, 2.45) is 11.8 Å². The Morgan fingerprint density at radius 2 is 0.870 bits per heavy atom. The second-order valence-electron chi connectivity index (χ2n) is 13.9. The molecule has 0 unspecified atom stereocenters. The largest absolute Gasteiger partial charge is 4.00 e. The predicted octanol–water partition coefficient (Wildman–Crippen LogP) is 13.3. The van der Waals surface area contributed by atoms with Crippen molar-refractivity contribution in [3.05, 3.63) is 145 Å². The number of rotatable bonds is 8. The maximum atomic E-state index is 2.54. The molecule has 236 valence electrons. The van der Waals surface area contributed by atoms with E-state index in [9.17, 15) is 0 Å². The molecule has 46 heavy (non-hydrogen) atoms. The van der Waals surface area contributed by atoms with Crippen LogP contribution in [0.4, 0.5) is 0 Å². The van der Waals surface area contributed by atoms with E-state index in [4.69, 9.17) is 0 Å². The van der Waals surface area contributed by atoms with Crippen LogP contribution >= 0.6 is 0 Å². The van der Waals surface area contributed by atoms with Gasteiger partial charge in [0.1, 0.15) is 0 Å². The van der Waals surface area contributed by atoms with Gasteiger partial charge in [0.05, 0.1) is 0 Å². The van der Waals surface area contributed by atoms with E-state index in [2.05, 4.69) is 152 Å². The van der Waals surface area contributed by atoms with Crippen LogP contribution in [0.3, 0.4) is 0 Å². The molecule has 0 aliphatic heterocycles. The number of hydrogen-bond donors (Lipinski definition) is 0. The normalized spacial score (nSPS) is 11.5. The minimum Gasteiger partial charge on any atom is -0.358 e. The molecule has 0 spiro atoms. The Balaban J connectivity index is 0.00000192. The second-order valence-corrected chi connectivity index (χ2v) is 13.9. The van der Waals surface area contributed by atoms with Crippen LogP contribution in [0.25, 0.3) is 43.8 Å². The van der Waals surface area contributed by atoms with Crippen LogP contribution in [0.1, 0.15) is 73.9 Å². The van der Waals surface area contributed by atoms with Crippen molar-refractivity contribution in [3.63, 3.8) is 0 Å². The molecule has 0 nitrogen and oxygen atoms in total. The van der Waals surface area contributed by atoms with Gasteiger partial charge in [-0.25, -0.2) is 0 Å². The van der Waals surface area contributed by atoms with Crippen molar-refractivity contribution in [2.45, 2.75) is 73.6 Å². The molecule has 6 aromatic rings. The van der Waals surface area contributed by atoms with Crippen molar-refractivity contribution in [3.8, 4) is 22.3 Å². The minimum absolute atomic E-state index is 0. The second kappa shape index (κ2) is 14.8. The van der Waals surface area contributed by atoms with E-state index in [0.717, 1.165) is 12.8 Å². The van der Waals surface area contributed by atoms with Gasteiger partial charge in [0.2, 0.25) is 0 Å². The summed E-state index contributed by atoms with van der Waals surface area (Å²) < 4.78 is 0. The molecule has 0 saturated heterocycles. The Hall–Kier alpha value is -3.03. The number of benzene rings is 4. The summed E-state index contributed by atoms with van der Waals surface area (Å²) in [7, 11) is 0. The molecule has 1 heteroatoms. The molecule has 0 aliphatic carbocycles. The number of aryl methyl sites for hydroxylation is 2. The maximum Gasteiger partial charge on any atom is 4.00 e. The zero-order valence-corrected chi connectivity index (χ0v) is 33.4. The van der Waals surface area contributed by atoms with E-state index in [-0.39, 0.29) is 46.1 Å². The van der Waals surface area contributed by atoms with Gasteiger partial charge in [0.15, 0.2) is 0 Å². The topological polar surface area (TPSA) is 0 Å². The molecule has 0 atom stereocenters. The Morgan fingerprint density at radius 1 is 0.522 bits per heavy atom. The first-order valence-electron chi connectivity index (χ1n) is 16.1. The monoisotopic (exact) mass is 772 g/mol. The van der Waals surface area contributed by atoms with Crippen LogP contribution < -0.4 is 0 Å². The Morgan fingerprint density at radius 3 is 1.24 bits per heavy atom. The van der Waals surface area contributed by atoms with Crippen LogP contribution in [0.5, 0.6) is 0 Å². The third kappa shape index (κ3) is 6.68. The summed E-state index contributed by atoms with van der Waals surface area (Å²) in [5, 5.41) is 5.43. The van der Waals surface area contributed by atoms with Gasteiger partial charge < -0.3 is 14.9 Å². The van der Waals surface area contributed by atoms with Crippen molar-refractivity contribution in [1.29, 1.82) is 0 Å². The van der Waals surface area contributed by atoms with Crippen LogP contribution in [-0.4, -0.2) is 0 Å². The van der Waals surface area contributed by atoms with E-state index in [1.54, 1.807) is 0 Å². The van der Waals surface area contributed by atoms with Gasteiger partial charge in [-0.3, -0.25) is 0 Å². The van der Waals surface area contributed by atoms with Crippen molar-refractivity contribution in [1.82, 2.24) is 0 Å². The zero-order valence-electron chi connectivity index (χ0n) is 29.8. The Labute approximate surface area is 298 Å². The fraction of sp³-hybridized carbons (Fsp3) is 0.289. The molecule has 0 amide bonds. The quantitative estimate of drug-likeness (QED) is 0.107. The fourth-order valence-corrected chi connectivity index (χ4v) is 7.69. The molecule has 0 fully saturated rings. The molecule has 0 radical (unpaired) electrons. The van der Waals surface area contributed by atoms with Gasteiger partial charge in [0.25, 0.3) is 0 Å². The van der Waals surface area contributed by atoms with Crippen molar-refractivity contribution >= 4 is 21.5 Å². The van der Waals surface area contributed by atoms with Gasteiger partial charge in [0, 0.05) is 0 Å². The fourth-order valence-electron chi connectivity index (χ4n) is 7.69. The van der Waals surface area contributed by atoms with Crippen LogP contribution in [-0.2, 0) is 31.3 Å². The molecule has 6 rings (SSSR count). The molecule has 0 aromatic heterocycles. The molecule has 0 bridgehead atoms. The summed E-state index contributed by atoms with van der Waals surface area (Å²) in [5.74, 6) is 1.12. The number of hydrogen-bond acceptors (Lipinski definition) is 0.